The highest BCUT2D eigenvalue weighted by molar-refractivity contribution is 7.90. The van der Waals surface area contributed by atoms with Gasteiger partial charge in [0, 0.05) is 19.5 Å². The van der Waals surface area contributed by atoms with E-state index >= 15 is 0 Å². The van der Waals surface area contributed by atoms with E-state index in [4.69, 9.17) is 10.5 Å². The van der Waals surface area contributed by atoms with Gasteiger partial charge in [-0.25, -0.2) is 13.1 Å². The van der Waals surface area contributed by atoms with Crippen LogP contribution in [0.2, 0.25) is 0 Å². The molecule has 0 radical (unpaired) electrons. The van der Waals surface area contributed by atoms with Crippen LogP contribution in [0.1, 0.15) is 12.5 Å². The van der Waals surface area contributed by atoms with Crippen molar-refractivity contribution in [3.63, 3.8) is 0 Å². The van der Waals surface area contributed by atoms with Gasteiger partial charge in [-0.3, -0.25) is 0 Å². The van der Waals surface area contributed by atoms with Gasteiger partial charge in [-0.05, 0) is 18.6 Å². The van der Waals surface area contributed by atoms with Crippen molar-refractivity contribution in [3.8, 4) is 5.75 Å². The van der Waals surface area contributed by atoms with Crippen molar-refractivity contribution in [1.29, 1.82) is 0 Å². The summed E-state index contributed by atoms with van der Waals surface area (Å²) < 4.78 is 31.7. The summed E-state index contributed by atoms with van der Waals surface area (Å²) in [7, 11) is -3.34. The Morgan fingerprint density at radius 1 is 1.50 bits per heavy atom. The highest BCUT2D eigenvalue weighted by atomic mass is 32.2. The molecule has 6 heteroatoms. The first-order valence-electron chi connectivity index (χ1n) is 5.96. The standard InChI is InChI=1S/C12H18N2O3S/c1-9(7-13)18(15,16)14-8-11-6-10-4-2-3-5-12(10)17-11/h2-5,9,11,14H,6-8,13H2,1H3. The van der Waals surface area contributed by atoms with Crippen molar-refractivity contribution >= 4 is 10.0 Å². The second-order valence-electron chi connectivity index (χ2n) is 4.49. The number of hydrogen-bond acceptors (Lipinski definition) is 4. The van der Waals surface area contributed by atoms with E-state index in [1.807, 2.05) is 24.3 Å². The van der Waals surface area contributed by atoms with Crippen molar-refractivity contribution in [3.05, 3.63) is 29.8 Å². The van der Waals surface area contributed by atoms with Crippen LogP contribution in [0, 0.1) is 0 Å². The summed E-state index contributed by atoms with van der Waals surface area (Å²) in [6.07, 6.45) is 0.595. The third kappa shape index (κ3) is 2.82. The zero-order valence-corrected chi connectivity index (χ0v) is 11.1. The van der Waals surface area contributed by atoms with Gasteiger partial charge >= 0.3 is 0 Å². The van der Waals surface area contributed by atoms with E-state index in [0.29, 0.717) is 0 Å². The summed E-state index contributed by atoms with van der Waals surface area (Å²) in [5, 5.41) is -0.582. The average molecular weight is 270 g/mol. The molecule has 0 fully saturated rings. The van der Waals surface area contributed by atoms with Crippen LogP contribution in [0.4, 0.5) is 0 Å². The first kappa shape index (κ1) is 13.3. The van der Waals surface area contributed by atoms with Crippen LogP contribution in [-0.2, 0) is 16.4 Å². The molecule has 0 amide bonds. The van der Waals surface area contributed by atoms with Crippen LogP contribution in [-0.4, -0.2) is 32.9 Å². The number of rotatable bonds is 5. The third-order valence-corrected chi connectivity index (χ3v) is 4.91. The molecule has 1 aromatic carbocycles. The van der Waals surface area contributed by atoms with Crippen LogP contribution in [0.25, 0.3) is 0 Å². The van der Waals surface area contributed by atoms with Gasteiger partial charge in [0.15, 0.2) is 0 Å². The lowest BCUT2D eigenvalue weighted by atomic mass is 10.1. The van der Waals surface area contributed by atoms with Crippen LogP contribution in [0.3, 0.4) is 0 Å². The van der Waals surface area contributed by atoms with E-state index in [1.165, 1.54) is 0 Å². The summed E-state index contributed by atoms with van der Waals surface area (Å²) in [5.41, 5.74) is 6.48. The van der Waals surface area contributed by atoms with Gasteiger partial charge in [0.1, 0.15) is 11.9 Å². The maximum absolute atomic E-state index is 11.7. The molecule has 0 saturated carbocycles. The fourth-order valence-electron chi connectivity index (χ4n) is 1.85. The average Bonchev–Trinajstić information content (AvgIpc) is 2.78. The van der Waals surface area contributed by atoms with E-state index < -0.39 is 15.3 Å². The quantitative estimate of drug-likeness (QED) is 0.804. The number of para-hydroxylation sites is 1. The van der Waals surface area contributed by atoms with Gasteiger partial charge < -0.3 is 10.5 Å². The van der Waals surface area contributed by atoms with Crippen LogP contribution < -0.4 is 15.2 Å². The third-order valence-electron chi connectivity index (χ3n) is 3.09. The molecule has 2 atom stereocenters. The number of nitrogens with two attached hydrogens (primary N) is 1. The Morgan fingerprint density at radius 2 is 2.22 bits per heavy atom. The zero-order chi connectivity index (χ0) is 13.2. The number of benzene rings is 1. The van der Waals surface area contributed by atoms with Gasteiger partial charge in [-0.2, -0.15) is 0 Å². The topological polar surface area (TPSA) is 81.4 Å². The van der Waals surface area contributed by atoms with Crippen molar-refractivity contribution in [2.75, 3.05) is 13.1 Å². The van der Waals surface area contributed by atoms with Crippen molar-refractivity contribution in [2.24, 2.45) is 5.73 Å². The number of sulfonamides is 1. The summed E-state index contributed by atoms with van der Waals surface area (Å²) in [6, 6.07) is 7.74. The van der Waals surface area contributed by atoms with Gasteiger partial charge in [0.25, 0.3) is 0 Å². The monoisotopic (exact) mass is 270 g/mol. The van der Waals surface area contributed by atoms with Gasteiger partial charge in [0.2, 0.25) is 10.0 Å². The molecular weight excluding hydrogens is 252 g/mol. The van der Waals surface area contributed by atoms with Crippen molar-refractivity contribution in [1.82, 2.24) is 4.72 Å². The lowest BCUT2D eigenvalue weighted by molar-refractivity contribution is 0.236. The van der Waals surface area contributed by atoms with E-state index in [2.05, 4.69) is 4.72 Å². The molecule has 1 aliphatic rings. The minimum absolute atomic E-state index is 0.112. The predicted molar refractivity (Wildman–Crippen MR) is 70.0 cm³/mol. The number of ether oxygens (including phenoxy) is 1. The number of nitrogens with one attached hydrogen (secondary N) is 1. The molecule has 100 valence electrons. The van der Waals surface area contributed by atoms with Gasteiger partial charge in [-0.15, -0.1) is 0 Å². The van der Waals surface area contributed by atoms with Crippen molar-refractivity contribution in [2.45, 2.75) is 24.7 Å². The normalized spacial score (nSPS) is 20.2. The van der Waals surface area contributed by atoms with Crippen molar-refractivity contribution < 1.29 is 13.2 Å². The molecule has 0 spiro atoms. The van der Waals surface area contributed by atoms with Crippen LogP contribution in [0.5, 0.6) is 5.75 Å². The number of fused-ring (bicyclic) bond motifs is 1. The molecular formula is C12H18N2O3S. The Kier molecular flexibility index (Phi) is 3.89. The number of hydrogen-bond donors (Lipinski definition) is 2. The fraction of sp³-hybridized carbons (Fsp3) is 0.500. The van der Waals surface area contributed by atoms with E-state index in [-0.39, 0.29) is 19.2 Å². The lowest BCUT2D eigenvalue weighted by Crippen LogP contribution is -2.41. The molecule has 0 aliphatic carbocycles. The summed E-state index contributed by atoms with van der Waals surface area (Å²) in [6.45, 7) is 1.98. The Morgan fingerprint density at radius 3 is 2.89 bits per heavy atom. The first-order chi connectivity index (χ1) is 8.53. The minimum atomic E-state index is -3.34. The fourth-order valence-corrected chi connectivity index (χ4v) is 2.80. The summed E-state index contributed by atoms with van der Waals surface area (Å²) in [4.78, 5) is 0. The van der Waals surface area contributed by atoms with Crippen LogP contribution >= 0.6 is 0 Å². The highest BCUT2D eigenvalue weighted by Crippen LogP contribution is 2.27. The smallest absolute Gasteiger partial charge is 0.215 e. The molecule has 2 unspecified atom stereocenters. The zero-order valence-electron chi connectivity index (χ0n) is 10.3. The maximum Gasteiger partial charge on any atom is 0.215 e. The second kappa shape index (κ2) is 5.26. The molecule has 0 bridgehead atoms. The Balaban J connectivity index is 1.91. The molecule has 3 N–H and O–H groups in total. The van der Waals surface area contributed by atoms with Gasteiger partial charge in [-0.1, -0.05) is 18.2 Å². The summed E-state index contributed by atoms with van der Waals surface area (Å²) >= 11 is 0. The molecule has 1 aromatic rings. The Hall–Kier alpha value is -1.11. The van der Waals surface area contributed by atoms with Gasteiger partial charge in [0.05, 0.1) is 5.25 Å². The van der Waals surface area contributed by atoms with E-state index in [0.717, 1.165) is 17.7 Å². The lowest BCUT2D eigenvalue weighted by Gasteiger charge is -2.15. The minimum Gasteiger partial charge on any atom is -0.488 e. The maximum atomic E-state index is 11.7. The molecule has 0 aromatic heterocycles. The summed E-state index contributed by atoms with van der Waals surface area (Å²) in [5.74, 6) is 0.841. The Bertz CT molecular complexity index is 491. The first-order valence-corrected chi connectivity index (χ1v) is 7.50. The molecule has 18 heavy (non-hydrogen) atoms. The Labute approximate surface area is 107 Å². The predicted octanol–water partition coefficient (Wildman–Crippen LogP) is 0.257. The SMILES string of the molecule is CC(CN)S(=O)(=O)NCC1Cc2ccccc2O1. The molecule has 0 saturated heterocycles. The molecule has 2 rings (SSSR count). The highest BCUT2D eigenvalue weighted by Gasteiger charge is 2.25. The van der Waals surface area contributed by atoms with E-state index in [9.17, 15) is 8.42 Å². The largest absolute Gasteiger partial charge is 0.488 e. The molecule has 5 nitrogen and oxygen atoms in total. The molecule has 1 heterocycles. The van der Waals surface area contributed by atoms with E-state index in [1.54, 1.807) is 6.92 Å². The van der Waals surface area contributed by atoms with Crippen LogP contribution in [0.15, 0.2) is 24.3 Å². The second-order valence-corrected chi connectivity index (χ2v) is 6.67. The molecule has 1 aliphatic heterocycles.